The van der Waals surface area contributed by atoms with Gasteiger partial charge in [-0.1, -0.05) is 23.2 Å². The van der Waals surface area contributed by atoms with Crippen molar-refractivity contribution >= 4 is 44.8 Å². The van der Waals surface area contributed by atoms with E-state index in [1.807, 2.05) is 0 Å². The zero-order chi connectivity index (χ0) is 15.8. The molecular weight excluding hydrogens is 337 g/mol. The number of halogens is 2. The van der Waals surface area contributed by atoms with E-state index in [1.165, 1.54) is 16.4 Å². The monoisotopic (exact) mass is 351 g/mol. The van der Waals surface area contributed by atoms with E-state index in [2.05, 4.69) is 0 Å². The van der Waals surface area contributed by atoms with Crippen LogP contribution in [0, 0.1) is 5.92 Å². The molecule has 2 rings (SSSR count). The van der Waals surface area contributed by atoms with Crippen LogP contribution < -0.4 is 11.5 Å². The Kier molecular flexibility index (Phi) is 4.67. The number of hydrogen-bond acceptors (Lipinski definition) is 4. The van der Waals surface area contributed by atoms with Crippen molar-refractivity contribution in [2.24, 2.45) is 11.7 Å². The van der Waals surface area contributed by atoms with Gasteiger partial charge < -0.3 is 11.5 Å². The van der Waals surface area contributed by atoms with Gasteiger partial charge in [0.25, 0.3) is 0 Å². The van der Waals surface area contributed by atoms with Crippen LogP contribution in [0.25, 0.3) is 0 Å². The van der Waals surface area contributed by atoms with Crippen molar-refractivity contribution in [3.63, 3.8) is 0 Å². The number of nitrogen functional groups attached to an aromatic ring is 1. The fourth-order valence-electron chi connectivity index (χ4n) is 2.34. The van der Waals surface area contributed by atoms with Crippen molar-refractivity contribution in [2.75, 3.05) is 18.8 Å². The van der Waals surface area contributed by atoms with E-state index >= 15 is 0 Å². The minimum atomic E-state index is -3.83. The third-order valence-corrected chi connectivity index (χ3v) is 6.30. The van der Waals surface area contributed by atoms with Crippen LogP contribution in [-0.2, 0) is 14.8 Å². The molecule has 1 aromatic rings. The van der Waals surface area contributed by atoms with Crippen LogP contribution in [0.2, 0.25) is 10.0 Å². The summed E-state index contributed by atoms with van der Waals surface area (Å²) in [5.74, 6) is -0.704. The number of hydrogen-bond donors (Lipinski definition) is 2. The van der Waals surface area contributed by atoms with Gasteiger partial charge in [-0.05, 0) is 25.0 Å². The van der Waals surface area contributed by atoms with E-state index in [0.717, 1.165) is 0 Å². The molecule has 0 atom stereocenters. The molecule has 0 aromatic heterocycles. The normalized spacial score (nSPS) is 17.8. The summed E-state index contributed by atoms with van der Waals surface area (Å²) in [6.45, 7) is 0.403. The van der Waals surface area contributed by atoms with Crippen LogP contribution in [0.4, 0.5) is 5.69 Å². The molecule has 1 amide bonds. The Morgan fingerprint density at radius 3 is 2.10 bits per heavy atom. The van der Waals surface area contributed by atoms with Crippen LogP contribution in [0.5, 0.6) is 0 Å². The van der Waals surface area contributed by atoms with Crippen LogP contribution in [-0.4, -0.2) is 31.7 Å². The molecular formula is C12H15Cl2N3O3S. The summed E-state index contributed by atoms with van der Waals surface area (Å²) in [6, 6.07) is 2.69. The summed E-state index contributed by atoms with van der Waals surface area (Å²) in [7, 11) is -3.83. The third-order valence-electron chi connectivity index (χ3n) is 3.47. The largest absolute Gasteiger partial charge is 0.399 e. The highest BCUT2D eigenvalue weighted by Crippen LogP contribution is 2.35. The molecule has 0 unspecified atom stereocenters. The fraction of sp³-hybridized carbons (Fsp3) is 0.417. The average molecular weight is 352 g/mol. The smallest absolute Gasteiger partial charge is 0.246 e. The topological polar surface area (TPSA) is 106 Å². The molecule has 6 nitrogen and oxygen atoms in total. The lowest BCUT2D eigenvalue weighted by atomic mass is 9.98. The van der Waals surface area contributed by atoms with Gasteiger partial charge in [0, 0.05) is 24.7 Å². The SMILES string of the molecule is NC(=O)C1CCN(S(=O)(=O)c2c(Cl)cc(N)cc2Cl)CC1. The Balaban J connectivity index is 2.30. The molecule has 1 aliphatic rings. The van der Waals surface area contributed by atoms with E-state index in [-0.39, 0.29) is 39.6 Å². The average Bonchev–Trinajstić information content (AvgIpc) is 2.37. The second kappa shape index (κ2) is 6.00. The summed E-state index contributed by atoms with van der Waals surface area (Å²) in [4.78, 5) is 11.0. The Morgan fingerprint density at radius 1 is 1.19 bits per heavy atom. The van der Waals surface area contributed by atoms with E-state index in [9.17, 15) is 13.2 Å². The molecule has 9 heteroatoms. The first-order valence-corrected chi connectivity index (χ1v) is 8.47. The highest BCUT2D eigenvalue weighted by molar-refractivity contribution is 7.89. The summed E-state index contributed by atoms with van der Waals surface area (Å²) >= 11 is 11.9. The molecule has 0 bridgehead atoms. The molecule has 0 radical (unpaired) electrons. The lowest BCUT2D eigenvalue weighted by molar-refractivity contribution is -0.122. The van der Waals surface area contributed by atoms with Gasteiger partial charge in [-0.25, -0.2) is 8.42 Å². The van der Waals surface area contributed by atoms with E-state index in [0.29, 0.717) is 12.8 Å². The third kappa shape index (κ3) is 3.26. The first kappa shape index (κ1) is 16.4. The molecule has 1 saturated heterocycles. The molecule has 0 saturated carbocycles. The summed E-state index contributed by atoms with van der Waals surface area (Å²) in [6.07, 6.45) is 0.775. The number of rotatable bonds is 3. The zero-order valence-electron chi connectivity index (χ0n) is 11.1. The number of carbonyl (C=O) groups is 1. The highest BCUT2D eigenvalue weighted by atomic mass is 35.5. The summed E-state index contributed by atoms with van der Waals surface area (Å²) in [5, 5.41) is -0.0333. The predicted octanol–water partition coefficient (Wildman–Crippen LogP) is 1.46. The molecule has 1 aromatic carbocycles. The minimum absolute atomic E-state index is 0.0166. The van der Waals surface area contributed by atoms with Crippen molar-refractivity contribution < 1.29 is 13.2 Å². The van der Waals surface area contributed by atoms with Gasteiger partial charge in [-0.3, -0.25) is 4.79 Å². The second-order valence-electron chi connectivity index (χ2n) is 4.89. The second-order valence-corrected chi connectivity index (χ2v) is 7.58. The van der Waals surface area contributed by atoms with Crippen LogP contribution in [0.1, 0.15) is 12.8 Å². The Labute approximate surface area is 133 Å². The number of piperidine rings is 1. The molecule has 21 heavy (non-hydrogen) atoms. The van der Waals surface area contributed by atoms with Gasteiger partial charge in [0.1, 0.15) is 4.90 Å². The van der Waals surface area contributed by atoms with Crippen molar-refractivity contribution in [2.45, 2.75) is 17.7 Å². The lowest BCUT2D eigenvalue weighted by Crippen LogP contribution is -2.41. The number of primary amides is 1. The molecule has 0 aliphatic carbocycles. The van der Waals surface area contributed by atoms with E-state index < -0.39 is 15.9 Å². The predicted molar refractivity (Wildman–Crippen MR) is 81.6 cm³/mol. The van der Waals surface area contributed by atoms with Crippen molar-refractivity contribution in [3.8, 4) is 0 Å². The standard InChI is InChI=1S/C12H15Cl2N3O3S/c13-9-5-8(15)6-10(14)11(9)21(19,20)17-3-1-7(2-4-17)12(16)18/h5-7H,1-4,15H2,(H2,16,18). The number of benzene rings is 1. The quantitative estimate of drug-likeness (QED) is 0.803. The fourth-order valence-corrected chi connectivity index (χ4v) is 4.99. The Hall–Kier alpha value is -1.02. The van der Waals surface area contributed by atoms with Gasteiger partial charge in [0.15, 0.2) is 0 Å². The van der Waals surface area contributed by atoms with Crippen molar-refractivity contribution in [1.29, 1.82) is 0 Å². The molecule has 1 aliphatic heterocycles. The van der Waals surface area contributed by atoms with Crippen LogP contribution >= 0.6 is 23.2 Å². The molecule has 0 spiro atoms. The number of amides is 1. The number of anilines is 1. The maximum Gasteiger partial charge on any atom is 0.246 e. The van der Waals surface area contributed by atoms with E-state index in [1.54, 1.807) is 0 Å². The lowest BCUT2D eigenvalue weighted by Gasteiger charge is -2.30. The maximum absolute atomic E-state index is 12.6. The summed E-state index contributed by atoms with van der Waals surface area (Å²) in [5.41, 5.74) is 11.1. The number of carbonyl (C=O) groups excluding carboxylic acids is 1. The number of nitrogens with two attached hydrogens (primary N) is 2. The van der Waals surface area contributed by atoms with Gasteiger partial charge in [-0.15, -0.1) is 0 Å². The molecule has 4 N–H and O–H groups in total. The van der Waals surface area contributed by atoms with Crippen molar-refractivity contribution in [3.05, 3.63) is 22.2 Å². The zero-order valence-corrected chi connectivity index (χ0v) is 13.4. The van der Waals surface area contributed by atoms with Crippen molar-refractivity contribution in [1.82, 2.24) is 4.31 Å². The van der Waals surface area contributed by atoms with Gasteiger partial charge >= 0.3 is 0 Å². The van der Waals surface area contributed by atoms with Gasteiger partial charge in [0.05, 0.1) is 10.0 Å². The first-order valence-electron chi connectivity index (χ1n) is 6.27. The first-order chi connectivity index (χ1) is 9.73. The minimum Gasteiger partial charge on any atom is -0.399 e. The van der Waals surface area contributed by atoms with Crippen LogP contribution in [0.3, 0.4) is 0 Å². The molecule has 116 valence electrons. The molecule has 1 heterocycles. The maximum atomic E-state index is 12.6. The van der Waals surface area contributed by atoms with Crippen LogP contribution in [0.15, 0.2) is 17.0 Å². The van der Waals surface area contributed by atoms with Gasteiger partial charge in [-0.2, -0.15) is 4.31 Å². The molecule has 1 fully saturated rings. The Bertz CT molecular complexity index is 647. The number of sulfonamides is 1. The van der Waals surface area contributed by atoms with E-state index in [4.69, 9.17) is 34.7 Å². The summed E-state index contributed by atoms with van der Waals surface area (Å²) < 4.78 is 26.5. The Morgan fingerprint density at radius 2 is 1.67 bits per heavy atom. The van der Waals surface area contributed by atoms with Gasteiger partial charge in [0.2, 0.25) is 15.9 Å². The number of nitrogens with zero attached hydrogens (tertiary/aromatic N) is 1. The highest BCUT2D eigenvalue weighted by Gasteiger charge is 2.33.